The number of esters is 1. The molecule has 1 unspecified atom stereocenters. The molecule has 1 aliphatic carbocycles. The van der Waals surface area contributed by atoms with Gasteiger partial charge >= 0.3 is 12.0 Å². The van der Waals surface area contributed by atoms with Crippen LogP contribution in [0.3, 0.4) is 0 Å². The maximum atomic E-state index is 12.1. The fraction of sp³-hybridized carbons (Fsp3) is 0.526. The van der Waals surface area contributed by atoms with Crippen LogP contribution in [0.1, 0.15) is 56.3 Å². The summed E-state index contributed by atoms with van der Waals surface area (Å²) in [6.07, 6.45) is 4.00. The van der Waals surface area contributed by atoms with Crippen LogP contribution in [0.25, 0.3) is 0 Å². The highest BCUT2D eigenvalue weighted by Gasteiger charge is 2.26. The second-order valence-electron chi connectivity index (χ2n) is 6.36. The average molecular weight is 362 g/mol. The topological polar surface area (TPSA) is 93.7 Å². The number of rotatable bonds is 9. The molecule has 1 atom stereocenters. The molecule has 1 aliphatic rings. The van der Waals surface area contributed by atoms with E-state index in [0.717, 1.165) is 32.1 Å². The molecule has 1 saturated carbocycles. The molecule has 142 valence electrons. The Kier molecular flexibility index (Phi) is 7.44. The van der Waals surface area contributed by atoms with Crippen LogP contribution < -0.4 is 15.4 Å². The van der Waals surface area contributed by atoms with Gasteiger partial charge in [0.2, 0.25) is 0 Å². The van der Waals surface area contributed by atoms with Crippen molar-refractivity contribution in [2.24, 2.45) is 0 Å². The van der Waals surface area contributed by atoms with Crippen molar-refractivity contribution in [2.45, 2.75) is 58.1 Å². The summed E-state index contributed by atoms with van der Waals surface area (Å²) in [4.78, 5) is 35.5. The normalized spacial score (nSPS) is 14.2. The quantitative estimate of drug-likeness (QED) is 0.520. The van der Waals surface area contributed by atoms with Crippen LogP contribution in [0.15, 0.2) is 24.3 Å². The molecule has 26 heavy (non-hydrogen) atoms. The van der Waals surface area contributed by atoms with Crippen molar-refractivity contribution in [1.29, 1.82) is 0 Å². The number of imide groups is 1. The fourth-order valence-corrected chi connectivity index (χ4v) is 2.17. The van der Waals surface area contributed by atoms with E-state index in [0.29, 0.717) is 17.9 Å². The van der Waals surface area contributed by atoms with Crippen molar-refractivity contribution >= 4 is 17.9 Å². The van der Waals surface area contributed by atoms with Crippen LogP contribution in [-0.2, 0) is 9.53 Å². The van der Waals surface area contributed by atoms with E-state index < -0.39 is 24.0 Å². The third-order valence-corrected chi connectivity index (χ3v) is 3.91. The summed E-state index contributed by atoms with van der Waals surface area (Å²) in [7, 11) is 0. The van der Waals surface area contributed by atoms with E-state index in [-0.39, 0.29) is 6.04 Å². The number of amides is 3. The first kappa shape index (κ1) is 19.8. The van der Waals surface area contributed by atoms with E-state index in [9.17, 15) is 14.4 Å². The highest BCUT2D eigenvalue weighted by molar-refractivity contribution is 5.98. The Labute approximate surface area is 153 Å². The lowest BCUT2D eigenvalue weighted by Gasteiger charge is -2.13. The minimum absolute atomic E-state index is 0.142. The van der Waals surface area contributed by atoms with Crippen LogP contribution in [0, 0.1) is 0 Å². The van der Waals surface area contributed by atoms with Gasteiger partial charge in [-0.3, -0.25) is 10.1 Å². The molecule has 0 bridgehead atoms. The molecule has 1 aromatic carbocycles. The van der Waals surface area contributed by atoms with Crippen LogP contribution in [0.4, 0.5) is 4.79 Å². The van der Waals surface area contributed by atoms with E-state index >= 15 is 0 Å². The minimum atomic E-state index is -1.07. The molecule has 0 saturated heterocycles. The zero-order valence-electron chi connectivity index (χ0n) is 15.2. The average Bonchev–Trinajstić information content (AvgIpc) is 3.42. The molecule has 1 fully saturated rings. The first-order valence-corrected chi connectivity index (χ1v) is 9.04. The highest BCUT2D eigenvalue weighted by atomic mass is 16.5. The Morgan fingerprint density at radius 1 is 1.15 bits per heavy atom. The zero-order valence-corrected chi connectivity index (χ0v) is 15.2. The second kappa shape index (κ2) is 9.79. The van der Waals surface area contributed by atoms with Crippen molar-refractivity contribution in [3.05, 3.63) is 29.8 Å². The van der Waals surface area contributed by atoms with Crippen molar-refractivity contribution in [3.8, 4) is 5.75 Å². The number of nitrogens with one attached hydrogen (secondary N) is 2. The summed E-state index contributed by atoms with van der Waals surface area (Å²) in [5.74, 6) is -0.611. The maximum absolute atomic E-state index is 12.1. The Morgan fingerprint density at radius 2 is 1.85 bits per heavy atom. The van der Waals surface area contributed by atoms with Gasteiger partial charge in [0.25, 0.3) is 5.91 Å². The van der Waals surface area contributed by atoms with Crippen LogP contribution in [0.5, 0.6) is 5.75 Å². The maximum Gasteiger partial charge on any atom is 0.338 e. The summed E-state index contributed by atoms with van der Waals surface area (Å²) >= 11 is 0. The number of carbonyl (C=O) groups is 3. The molecular weight excluding hydrogens is 336 g/mol. The first-order chi connectivity index (χ1) is 12.5. The fourth-order valence-electron chi connectivity index (χ4n) is 2.17. The lowest BCUT2D eigenvalue weighted by Crippen LogP contribution is -2.45. The number of ether oxygens (including phenoxy) is 2. The lowest BCUT2D eigenvalue weighted by molar-refractivity contribution is -0.127. The molecule has 1 aromatic rings. The summed E-state index contributed by atoms with van der Waals surface area (Å²) in [5, 5.41) is 4.79. The van der Waals surface area contributed by atoms with Gasteiger partial charge in [0.05, 0.1) is 12.2 Å². The molecule has 0 heterocycles. The van der Waals surface area contributed by atoms with Crippen LogP contribution in [0.2, 0.25) is 0 Å². The Morgan fingerprint density at radius 3 is 2.46 bits per heavy atom. The summed E-state index contributed by atoms with van der Waals surface area (Å²) in [5.41, 5.74) is 0.313. The Balaban J connectivity index is 1.76. The first-order valence-electron chi connectivity index (χ1n) is 9.04. The van der Waals surface area contributed by atoms with E-state index in [4.69, 9.17) is 9.47 Å². The van der Waals surface area contributed by atoms with Gasteiger partial charge in [-0.2, -0.15) is 0 Å². The molecular formula is C19H26N2O5. The number of unbranched alkanes of at least 4 members (excludes halogenated alkanes) is 2. The van der Waals surface area contributed by atoms with Crippen molar-refractivity contribution in [2.75, 3.05) is 6.61 Å². The van der Waals surface area contributed by atoms with Crippen molar-refractivity contribution in [3.63, 3.8) is 0 Å². The molecule has 2 rings (SSSR count). The zero-order chi connectivity index (χ0) is 18.9. The predicted octanol–water partition coefficient (Wildman–Crippen LogP) is 2.79. The van der Waals surface area contributed by atoms with Gasteiger partial charge in [-0.1, -0.05) is 19.8 Å². The smallest absolute Gasteiger partial charge is 0.338 e. The van der Waals surface area contributed by atoms with Crippen molar-refractivity contribution < 1.29 is 23.9 Å². The molecule has 0 radical (unpaired) electrons. The molecule has 7 heteroatoms. The minimum Gasteiger partial charge on any atom is -0.494 e. The van der Waals surface area contributed by atoms with Gasteiger partial charge in [0, 0.05) is 6.04 Å². The number of hydrogen-bond donors (Lipinski definition) is 2. The van der Waals surface area contributed by atoms with E-state index in [2.05, 4.69) is 17.6 Å². The molecule has 7 nitrogen and oxygen atoms in total. The van der Waals surface area contributed by atoms with Crippen LogP contribution >= 0.6 is 0 Å². The van der Waals surface area contributed by atoms with E-state index in [1.807, 2.05) is 0 Å². The number of carbonyl (C=O) groups excluding carboxylic acids is 3. The second-order valence-corrected chi connectivity index (χ2v) is 6.36. The van der Waals surface area contributed by atoms with Gasteiger partial charge in [0.15, 0.2) is 6.10 Å². The Bertz CT molecular complexity index is 625. The van der Waals surface area contributed by atoms with Gasteiger partial charge in [0.1, 0.15) is 5.75 Å². The standard InChI is InChI=1S/C19H26N2O5/c1-3-4-5-12-25-16-10-6-14(7-11-16)18(23)26-13(2)17(22)21-19(24)20-15-8-9-15/h6-7,10-11,13,15H,3-5,8-9,12H2,1-2H3,(H2,20,21,22,24). The number of hydrogen-bond acceptors (Lipinski definition) is 5. The molecule has 0 aliphatic heterocycles. The monoisotopic (exact) mass is 362 g/mol. The van der Waals surface area contributed by atoms with Gasteiger partial charge in [-0.15, -0.1) is 0 Å². The number of benzene rings is 1. The summed E-state index contributed by atoms with van der Waals surface area (Å²) in [6.45, 7) is 4.18. The largest absolute Gasteiger partial charge is 0.494 e. The third-order valence-electron chi connectivity index (χ3n) is 3.91. The van der Waals surface area contributed by atoms with Crippen LogP contribution in [-0.4, -0.2) is 36.7 Å². The SMILES string of the molecule is CCCCCOc1ccc(C(=O)OC(C)C(=O)NC(=O)NC2CC2)cc1. The summed E-state index contributed by atoms with van der Waals surface area (Å²) in [6, 6.07) is 6.13. The van der Waals surface area contributed by atoms with Gasteiger partial charge in [-0.25, -0.2) is 9.59 Å². The van der Waals surface area contributed by atoms with Gasteiger partial charge < -0.3 is 14.8 Å². The lowest BCUT2D eigenvalue weighted by atomic mass is 10.2. The van der Waals surface area contributed by atoms with E-state index in [1.165, 1.54) is 6.92 Å². The van der Waals surface area contributed by atoms with E-state index in [1.54, 1.807) is 24.3 Å². The Hall–Kier alpha value is -2.57. The molecule has 3 amide bonds. The molecule has 0 spiro atoms. The predicted molar refractivity (Wildman–Crippen MR) is 96.0 cm³/mol. The molecule has 0 aromatic heterocycles. The third kappa shape index (κ3) is 6.74. The van der Waals surface area contributed by atoms with Crippen molar-refractivity contribution in [1.82, 2.24) is 10.6 Å². The number of urea groups is 1. The molecule has 2 N–H and O–H groups in total. The summed E-state index contributed by atoms with van der Waals surface area (Å²) < 4.78 is 10.7. The highest BCUT2D eigenvalue weighted by Crippen LogP contribution is 2.18. The van der Waals surface area contributed by atoms with Gasteiger partial charge in [-0.05, 0) is 50.5 Å².